The maximum atomic E-state index is 4.50. The van der Waals surface area contributed by atoms with E-state index in [1.165, 1.54) is 11.3 Å². The maximum absolute atomic E-state index is 4.50. The van der Waals surface area contributed by atoms with Crippen molar-refractivity contribution in [2.45, 2.75) is 19.8 Å². The molecule has 4 heteroatoms. The first-order chi connectivity index (χ1) is 9.67. The highest BCUT2D eigenvalue weighted by atomic mass is 79.9. The van der Waals surface area contributed by atoms with Crippen molar-refractivity contribution < 1.29 is 0 Å². The Morgan fingerprint density at radius 1 is 1.30 bits per heavy atom. The van der Waals surface area contributed by atoms with Gasteiger partial charge in [-0.2, -0.15) is 5.10 Å². The number of nitrogens with zero attached hydrogens (tertiary/aromatic N) is 2. The summed E-state index contributed by atoms with van der Waals surface area (Å²) in [5.74, 6) is 0.569. The molecule has 0 fully saturated rings. The second kappa shape index (κ2) is 7.60. The molecule has 0 saturated heterocycles. The third-order valence-corrected chi connectivity index (χ3v) is 3.86. The van der Waals surface area contributed by atoms with Crippen LogP contribution in [0.25, 0.3) is 0 Å². The molecule has 1 heterocycles. The number of aromatic nitrogens is 2. The smallest absolute Gasteiger partial charge is 0.0627 e. The minimum Gasteiger partial charge on any atom is -0.317 e. The van der Waals surface area contributed by atoms with Crippen molar-refractivity contribution >= 4 is 15.9 Å². The highest BCUT2D eigenvalue weighted by Crippen LogP contribution is 2.17. The van der Waals surface area contributed by atoms with Crippen LogP contribution in [0.4, 0.5) is 0 Å². The van der Waals surface area contributed by atoms with E-state index in [1.807, 2.05) is 17.9 Å². The van der Waals surface area contributed by atoms with Crippen molar-refractivity contribution in [1.29, 1.82) is 0 Å². The molecule has 1 aromatic carbocycles. The van der Waals surface area contributed by atoms with Gasteiger partial charge in [-0.1, -0.05) is 35.0 Å². The minimum absolute atomic E-state index is 0.569. The summed E-state index contributed by atoms with van der Waals surface area (Å²) in [6, 6.07) is 10.7. The van der Waals surface area contributed by atoms with E-state index in [0.717, 1.165) is 30.4 Å². The largest absolute Gasteiger partial charge is 0.317 e. The Balaban J connectivity index is 2.02. The van der Waals surface area contributed by atoms with Gasteiger partial charge in [0.1, 0.15) is 0 Å². The van der Waals surface area contributed by atoms with E-state index in [2.05, 4.69) is 63.6 Å². The Hall–Kier alpha value is -1.13. The van der Waals surface area contributed by atoms with Crippen LogP contribution in [-0.4, -0.2) is 22.9 Å². The van der Waals surface area contributed by atoms with Gasteiger partial charge in [0.2, 0.25) is 0 Å². The van der Waals surface area contributed by atoms with Crippen LogP contribution in [0.5, 0.6) is 0 Å². The van der Waals surface area contributed by atoms with Crippen molar-refractivity contribution in [2.75, 3.05) is 13.1 Å². The number of aryl methyl sites for hydroxylation is 1. The van der Waals surface area contributed by atoms with Gasteiger partial charge in [0.25, 0.3) is 0 Å². The molecule has 1 unspecified atom stereocenters. The van der Waals surface area contributed by atoms with Gasteiger partial charge in [-0.25, -0.2) is 0 Å². The number of hydrogen-bond donors (Lipinski definition) is 1. The summed E-state index contributed by atoms with van der Waals surface area (Å²) in [6.07, 6.45) is 4.10. The molecule has 2 rings (SSSR count). The van der Waals surface area contributed by atoms with E-state index in [-0.39, 0.29) is 0 Å². The first-order valence-corrected chi connectivity index (χ1v) is 7.90. The van der Waals surface area contributed by atoms with E-state index in [0.29, 0.717) is 5.92 Å². The van der Waals surface area contributed by atoms with Gasteiger partial charge in [-0.3, -0.25) is 4.68 Å². The van der Waals surface area contributed by atoms with Gasteiger partial charge < -0.3 is 5.32 Å². The third-order valence-electron chi connectivity index (χ3n) is 3.36. The summed E-state index contributed by atoms with van der Waals surface area (Å²) in [5.41, 5.74) is 2.55. The van der Waals surface area contributed by atoms with Crippen LogP contribution in [0.3, 0.4) is 0 Å². The summed E-state index contributed by atoms with van der Waals surface area (Å²) in [6.45, 7) is 4.19. The van der Waals surface area contributed by atoms with Crippen molar-refractivity contribution in [3.05, 3.63) is 52.3 Å². The quantitative estimate of drug-likeness (QED) is 0.842. The summed E-state index contributed by atoms with van der Waals surface area (Å²) < 4.78 is 3.02. The molecule has 1 N–H and O–H groups in total. The molecule has 108 valence electrons. The van der Waals surface area contributed by atoms with Gasteiger partial charge >= 0.3 is 0 Å². The molecule has 20 heavy (non-hydrogen) atoms. The fourth-order valence-electron chi connectivity index (χ4n) is 2.43. The van der Waals surface area contributed by atoms with Crippen molar-refractivity contribution in [2.24, 2.45) is 13.0 Å². The molecule has 3 nitrogen and oxygen atoms in total. The van der Waals surface area contributed by atoms with Gasteiger partial charge in [0.15, 0.2) is 0 Å². The zero-order valence-corrected chi connectivity index (χ0v) is 13.7. The number of rotatable bonds is 7. The molecule has 0 amide bonds. The Kier molecular flexibility index (Phi) is 5.80. The average Bonchev–Trinajstić information content (AvgIpc) is 2.81. The molecule has 0 bridgehead atoms. The second-order valence-electron chi connectivity index (χ2n) is 5.19. The summed E-state index contributed by atoms with van der Waals surface area (Å²) in [5, 5.41) is 7.96. The highest BCUT2D eigenvalue weighted by molar-refractivity contribution is 9.10. The highest BCUT2D eigenvalue weighted by Gasteiger charge is 2.12. The number of halogens is 1. The molecule has 0 radical (unpaired) electrons. The molecule has 0 aliphatic rings. The Morgan fingerprint density at radius 2 is 2.15 bits per heavy atom. The van der Waals surface area contributed by atoms with E-state index in [1.54, 1.807) is 0 Å². The van der Waals surface area contributed by atoms with E-state index in [4.69, 9.17) is 0 Å². The van der Waals surface area contributed by atoms with E-state index in [9.17, 15) is 0 Å². The van der Waals surface area contributed by atoms with Crippen molar-refractivity contribution in [3.8, 4) is 0 Å². The van der Waals surface area contributed by atoms with Crippen LogP contribution >= 0.6 is 15.9 Å². The lowest BCUT2D eigenvalue weighted by Gasteiger charge is -2.16. The van der Waals surface area contributed by atoms with Crippen LogP contribution in [-0.2, 0) is 19.9 Å². The number of hydrogen-bond acceptors (Lipinski definition) is 2. The summed E-state index contributed by atoms with van der Waals surface area (Å²) in [4.78, 5) is 0. The van der Waals surface area contributed by atoms with Crippen molar-refractivity contribution in [3.63, 3.8) is 0 Å². The lowest BCUT2D eigenvalue weighted by Crippen LogP contribution is -2.25. The Morgan fingerprint density at radius 3 is 2.80 bits per heavy atom. The van der Waals surface area contributed by atoms with Crippen LogP contribution in [0.15, 0.2) is 41.0 Å². The molecule has 1 aromatic heterocycles. The molecular weight excluding hydrogens is 314 g/mol. The van der Waals surface area contributed by atoms with Crippen LogP contribution in [0.2, 0.25) is 0 Å². The molecule has 2 aromatic rings. The fourth-order valence-corrected chi connectivity index (χ4v) is 2.88. The van der Waals surface area contributed by atoms with Crippen LogP contribution in [0.1, 0.15) is 18.2 Å². The summed E-state index contributed by atoms with van der Waals surface area (Å²) in [7, 11) is 1.97. The zero-order chi connectivity index (χ0) is 14.4. The topological polar surface area (TPSA) is 29.9 Å². The summed E-state index contributed by atoms with van der Waals surface area (Å²) >= 11 is 3.54. The van der Waals surface area contributed by atoms with Crippen molar-refractivity contribution in [1.82, 2.24) is 15.1 Å². The first-order valence-electron chi connectivity index (χ1n) is 7.11. The Bertz CT molecular complexity index is 536. The monoisotopic (exact) mass is 335 g/mol. The third kappa shape index (κ3) is 4.76. The lowest BCUT2D eigenvalue weighted by atomic mass is 9.94. The predicted octanol–water partition coefficient (Wildman–Crippen LogP) is 3.19. The first kappa shape index (κ1) is 15.3. The van der Waals surface area contributed by atoms with Gasteiger partial charge in [-0.15, -0.1) is 0 Å². The van der Waals surface area contributed by atoms with E-state index < -0.39 is 0 Å². The molecule has 0 aliphatic heterocycles. The average molecular weight is 336 g/mol. The standard InChI is InChI=1S/C16H22BrN3/c1-3-18-12-14(11-16-7-8-20(2)19-16)9-13-5-4-6-15(17)10-13/h4-8,10,14,18H,3,9,11-12H2,1-2H3. The normalized spacial score (nSPS) is 12.6. The predicted molar refractivity (Wildman–Crippen MR) is 86.8 cm³/mol. The SMILES string of the molecule is CCNCC(Cc1cccc(Br)c1)Cc1ccn(C)n1. The van der Waals surface area contributed by atoms with Gasteiger partial charge in [0, 0.05) is 17.7 Å². The maximum Gasteiger partial charge on any atom is 0.0627 e. The number of nitrogens with one attached hydrogen (secondary N) is 1. The molecule has 0 saturated carbocycles. The second-order valence-corrected chi connectivity index (χ2v) is 6.11. The van der Waals surface area contributed by atoms with Gasteiger partial charge in [-0.05, 0) is 55.6 Å². The minimum atomic E-state index is 0.569. The molecular formula is C16H22BrN3. The lowest BCUT2D eigenvalue weighted by molar-refractivity contribution is 0.471. The molecule has 1 atom stereocenters. The molecule has 0 spiro atoms. The van der Waals surface area contributed by atoms with Crippen LogP contribution in [0, 0.1) is 5.92 Å². The van der Waals surface area contributed by atoms with Crippen LogP contribution < -0.4 is 5.32 Å². The fraction of sp³-hybridized carbons (Fsp3) is 0.438. The van der Waals surface area contributed by atoms with Gasteiger partial charge in [0.05, 0.1) is 5.69 Å². The Labute approximate surface area is 129 Å². The number of benzene rings is 1. The zero-order valence-electron chi connectivity index (χ0n) is 12.1. The molecule has 0 aliphatic carbocycles. The van der Waals surface area contributed by atoms with E-state index >= 15 is 0 Å².